The average molecular weight is 378 g/mol. The highest BCUT2D eigenvalue weighted by Crippen LogP contribution is 2.33. The highest BCUT2D eigenvalue weighted by molar-refractivity contribution is 7.18. The van der Waals surface area contributed by atoms with Crippen LogP contribution in [0, 0.1) is 0 Å². The molecule has 0 unspecified atom stereocenters. The Labute approximate surface area is 155 Å². The van der Waals surface area contributed by atoms with Crippen molar-refractivity contribution in [3.8, 4) is 0 Å². The normalized spacial score (nSPS) is 14.4. The van der Waals surface area contributed by atoms with Crippen molar-refractivity contribution < 1.29 is 0 Å². The number of fused-ring (bicyclic) bond motifs is 6. The third-order valence-electron chi connectivity index (χ3n) is 5.09. The zero-order valence-corrected chi connectivity index (χ0v) is 15.0. The molecule has 0 saturated heterocycles. The van der Waals surface area contributed by atoms with Gasteiger partial charge in [-0.2, -0.15) is 5.10 Å². The molecule has 0 spiro atoms. The number of thiophene rings is 1. The maximum atomic E-state index is 13.1. The summed E-state index contributed by atoms with van der Waals surface area (Å²) in [7, 11) is 0. The first-order valence-electron chi connectivity index (χ1n) is 8.81. The molecule has 6 rings (SSSR count). The van der Waals surface area contributed by atoms with E-state index >= 15 is 0 Å². The standard InChI is InChI=1S/C17H14N8OS/c26-17-13-9-3-1-2-4-11(9)27-16(13)19-7-24(17)6-12-21-15-10-5-20-22-14(10)18-8-25(15)23-12/h5,7-8H,1-4,6H2,(H,20,22). The fraction of sp³-hybridized carbons (Fsp3) is 0.294. The van der Waals surface area contributed by atoms with Crippen LogP contribution in [-0.4, -0.2) is 39.3 Å². The number of aryl methyl sites for hydroxylation is 2. The molecule has 0 fully saturated rings. The lowest BCUT2D eigenvalue weighted by Gasteiger charge is -2.10. The smallest absolute Gasteiger partial charge is 0.262 e. The second-order valence-electron chi connectivity index (χ2n) is 6.74. The minimum Gasteiger partial charge on any atom is -0.291 e. The summed E-state index contributed by atoms with van der Waals surface area (Å²) >= 11 is 1.66. The molecule has 0 radical (unpaired) electrons. The minimum absolute atomic E-state index is 0.00941. The lowest BCUT2D eigenvalue weighted by Crippen LogP contribution is -2.22. The summed E-state index contributed by atoms with van der Waals surface area (Å²) in [5.41, 5.74) is 2.51. The number of H-pyrrole nitrogens is 1. The van der Waals surface area contributed by atoms with Crippen molar-refractivity contribution in [2.45, 2.75) is 32.2 Å². The molecule has 0 saturated carbocycles. The van der Waals surface area contributed by atoms with E-state index in [0.717, 1.165) is 34.9 Å². The van der Waals surface area contributed by atoms with Crippen LogP contribution in [0.1, 0.15) is 29.1 Å². The Balaban J connectivity index is 1.47. The van der Waals surface area contributed by atoms with Crippen molar-refractivity contribution in [2.24, 2.45) is 0 Å². The van der Waals surface area contributed by atoms with Crippen LogP contribution in [0.3, 0.4) is 0 Å². The van der Waals surface area contributed by atoms with Crippen molar-refractivity contribution in [3.05, 3.63) is 45.5 Å². The van der Waals surface area contributed by atoms with Gasteiger partial charge in [0.05, 0.1) is 29.8 Å². The molecule has 1 aliphatic rings. The minimum atomic E-state index is -0.00941. The Bertz CT molecular complexity index is 1390. The highest BCUT2D eigenvalue weighted by atomic mass is 32.1. The molecule has 5 aromatic rings. The quantitative estimate of drug-likeness (QED) is 0.501. The second-order valence-corrected chi connectivity index (χ2v) is 7.83. The van der Waals surface area contributed by atoms with Crippen LogP contribution >= 0.6 is 11.3 Å². The summed E-state index contributed by atoms with van der Waals surface area (Å²) in [4.78, 5) is 28.6. The van der Waals surface area contributed by atoms with Crippen molar-refractivity contribution in [1.29, 1.82) is 0 Å². The fourth-order valence-electron chi connectivity index (χ4n) is 3.80. The van der Waals surface area contributed by atoms with E-state index in [1.165, 1.54) is 16.9 Å². The number of nitrogens with zero attached hydrogens (tertiary/aromatic N) is 7. The van der Waals surface area contributed by atoms with E-state index in [4.69, 9.17) is 0 Å². The number of aromatic amines is 1. The maximum absolute atomic E-state index is 13.1. The SMILES string of the molecule is O=c1c2c3c(sc2ncn1Cc1nc2c4cn[nH]c4ncn2n1)CCCC3. The first kappa shape index (κ1) is 15.0. The predicted octanol–water partition coefficient (Wildman–Crippen LogP) is 1.70. The molecule has 0 atom stereocenters. The molecule has 5 aromatic heterocycles. The Hall–Kier alpha value is -3.14. The van der Waals surface area contributed by atoms with Gasteiger partial charge in [0.2, 0.25) is 0 Å². The van der Waals surface area contributed by atoms with Crippen LogP contribution in [0.25, 0.3) is 26.9 Å². The third-order valence-corrected chi connectivity index (χ3v) is 6.28. The first-order valence-corrected chi connectivity index (χ1v) is 9.62. The number of hydrogen-bond donors (Lipinski definition) is 1. The van der Waals surface area contributed by atoms with E-state index in [2.05, 4.69) is 30.2 Å². The van der Waals surface area contributed by atoms with Gasteiger partial charge in [-0.1, -0.05) is 0 Å². The van der Waals surface area contributed by atoms with Gasteiger partial charge in [0.1, 0.15) is 11.2 Å². The van der Waals surface area contributed by atoms with Crippen molar-refractivity contribution in [2.75, 3.05) is 0 Å². The van der Waals surface area contributed by atoms with Gasteiger partial charge >= 0.3 is 0 Å². The van der Waals surface area contributed by atoms with E-state index in [0.29, 0.717) is 17.1 Å². The van der Waals surface area contributed by atoms with Gasteiger partial charge in [0.25, 0.3) is 5.56 Å². The summed E-state index contributed by atoms with van der Waals surface area (Å²) in [6.07, 6.45) is 9.21. The molecule has 27 heavy (non-hydrogen) atoms. The molecule has 134 valence electrons. The molecular formula is C17H14N8OS. The zero-order chi connectivity index (χ0) is 18.0. The van der Waals surface area contributed by atoms with E-state index < -0.39 is 0 Å². The van der Waals surface area contributed by atoms with E-state index in [9.17, 15) is 4.79 Å². The van der Waals surface area contributed by atoms with E-state index in [1.807, 2.05) is 0 Å². The van der Waals surface area contributed by atoms with E-state index in [1.54, 1.807) is 39.3 Å². The Morgan fingerprint density at radius 3 is 3.07 bits per heavy atom. The third kappa shape index (κ3) is 2.16. The van der Waals surface area contributed by atoms with Crippen LogP contribution in [0.4, 0.5) is 0 Å². The maximum Gasteiger partial charge on any atom is 0.262 e. The van der Waals surface area contributed by atoms with E-state index in [-0.39, 0.29) is 12.1 Å². The molecule has 5 heterocycles. The van der Waals surface area contributed by atoms with Gasteiger partial charge in [-0.3, -0.25) is 14.5 Å². The molecule has 9 nitrogen and oxygen atoms in total. The van der Waals surface area contributed by atoms with Gasteiger partial charge in [-0.25, -0.2) is 19.5 Å². The fourth-order valence-corrected chi connectivity index (χ4v) is 5.02. The summed E-state index contributed by atoms with van der Waals surface area (Å²) < 4.78 is 3.20. The molecule has 1 aliphatic carbocycles. The monoisotopic (exact) mass is 378 g/mol. The van der Waals surface area contributed by atoms with Gasteiger partial charge in [-0.05, 0) is 31.2 Å². The summed E-state index contributed by atoms with van der Waals surface area (Å²) in [6.45, 7) is 0.271. The van der Waals surface area contributed by atoms with Gasteiger partial charge < -0.3 is 0 Å². The van der Waals surface area contributed by atoms with Gasteiger partial charge in [0.15, 0.2) is 17.1 Å². The van der Waals surface area contributed by atoms with Crippen molar-refractivity contribution in [3.63, 3.8) is 0 Å². The largest absolute Gasteiger partial charge is 0.291 e. The van der Waals surface area contributed by atoms with Crippen LogP contribution in [-0.2, 0) is 19.4 Å². The predicted molar refractivity (Wildman–Crippen MR) is 100 cm³/mol. The Morgan fingerprint density at radius 2 is 2.11 bits per heavy atom. The Morgan fingerprint density at radius 1 is 1.19 bits per heavy atom. The van der Waals surface area contributed by atoms with Crippen LogP contribution in [0.2, 0.25) is 0 Å². The lowest BCUT2D eigenvalue weighted by atomic mass is 9.97. The first-order chi connectivity index (χ1) is 13.3. The number of rotatable bonds is 2. The molecule has 10 heteroatoms. The van der Waals surface area contributed by atoms with Gasteiger partial charge in [0, 0.05) is 4.88 Å². The molecule has 0 bridgehead atoms. The number of hydrogen-bond acceptors (Lipinski definition) is 7. The lowest BCUT2D eigenvalue weighted by molar-refractivity contribution is 0.690. The van der Waals surface area contributed by atoms with Crippen molar-refractivity contribution in [1.82, 2.24) is 39.3 Å². The zero-order valence-electron chi connectivity index (χ0n) is 14.2. The van der Waals surface area contributed by atoms with Crippen LogP contribution in [0.5, 0.6) is 0 Å². The summed E-state index contributed by atoms with van der Waals surface area (Å²) in [5, 5.41) is 12.8. The molecule has 1 N–H and O–H groups in total. The highest BCUT2D eigenvalue weighted by Gasteiger charge is 2.20. The Kier molecular flexibility index (Phi) is 3.01. The molecule has 0 amide bonds. The van der Waals surface area contributed by atoms with Crippen molar-refractivity contribution >= 4 is 38.2 Å². The number of nitrogens with one attached hydrogen (secondary N) is 1. The summed E-state index contributed by atoms with van der Waals surface area (Å²) in [5.74, 6) is 0.540. The van der Waals surface area contributed by atoms with Crippen LogP contribution < -0.4 is 5.56 Å². The topological polar surface area (TPSA) is 107 Å². The molecule has 0 aromatic carbocycles. The molecule has 0 aliphatic heterocycles. The van der Waals surface area contributed by atoms with Crippen LogP contribution in [0.15, 0.2) is 23.6 Å². The second kappa shape index (κ2) is 5.43. The average Bonchev–Trinajstić information content (AvgIpc) is 3.38. The van der Waals surface area contributed by atoms with Gasteiger partial charge in [-0.15, -0.1) is 16.4 Å². The summed E-state index contributed by atoms with van der Waals surface area (Å²) in [6, 6.07) is 0. The number of aromatic nitrogens is 8. The molecular weight excluding hydrogens is 364 g/mol.